The monoisotopic (exact) mass is 286 g/mol. The van der Waals surface area contributed by atoms with E-state index in [2.05, 4.69) is 9.97 Å². The predicted molar refractivity (Wildman–Crippen MR) is 65.0 cm³/mol. The Labute approximate surface area is 115 Å². The lowest BCUT2D eigenvalue weighted by Gasteiger charge is -1.96. The number of primary amides is 1. The van der Waals surface area contributed by atoms with Crippen molar-refractivity contribution in [1.29, 1.82) is 15.8 Å². The average Bonchev–Trinajstić information content (AvgIpc) is 2.79. The fourth-order valence-electron chi connectivity index (χ4n) is 1.19. The molecule has 1 aromatic heterocycles. The van der Waals surface area contributed by atoms with Gasteiger partial charge in [-0.2, -0.15) is 15.8 Å². The fraction of sp³-hybridized carbons (Fsp3) is 0. The van der Waals surface area contributed by atoms with E-state index in [1.807, 2.05) is 0 Å². The molecule has 7 nitrogen and oxygen atoms in total. The predicted octanol–water partition coefficient (Wildman–Crippen LogP) is 0.638. The van der Waals surface area contributed by atoms with Crippen molar-refractivity contribution in [2.24, 2.45) is 5.73 Å². The number of hydrogen-bond acceptors (Lipinski definition) is 8. The van der Waals surface area contributed by atoms with Crippen LogP contribution >= 0.6 is 23.5 Å². The van der Waals surface area contributed by atoms with Gasteiger partial charge in [-0.1, -0.05) is 23.5 Å². The third kappa shape index (κ3) is 2.23. The van der Waals surface area contributed by atoms with E-state index in [0.29, 0.717) is 14.3 Å². The summed E-state index contributed by atoms with van der Waals surface area (Å²) in [5.74, 6) is -0.841. The van der Waals surface area contributed by atoms with Crippen molar-refractivity contribution in [3.63, 3.8) is 0 Å². The van der Waals surface area contributed by atoms with E-state index in [1.54, 1.807) is 18.2 Å². The van der Waals surface area contributed by atoms with Crippen LogP contribution in [0.5, 0.6) is 0 Å². The molecule has 0 aromatic carbocycles. The van der Waals surface area contributed by atoms with Gasteiger partial charge in [-0.05, 0) is 0 Å². The van der Waals surface area contributed by atoms with Crippen LogP contribution in [0.4, 0.5) is 0 Å². The average molecular weight is 286 g/mol. The standard InChI is InChI=1S/C10H2N6OS2/c11-1-4(7(14)17)10-18-8-9(19-10)16-6(3-13)5(2-12)15-8/h(H2,14,17). The summed E-state index contributed by atoms with van der Waals surface area (Å²) < 4.78 is 0.351. The Balaban J connectivity index is 2.54. The van der Waals surface area contributed by atoms with Crippen LogP contribution in [0.15, 0.2) is 19.9 Å². The third-order valence-electron chi connectivity index (χ3n) is 1.99. The SMILES string of the molecule is N#CC(C(N)=O)=C1Sc2nc(C#N)c(C#N)nc2S1. The smallest absolute Gasteiger partial charge is 0.261 e. The summed E-state index contributed by atoms with van der Waals surface area (Å²) in [6.45, 7) is 0. The lowest BCUT2D eigenvalue weighted by molar-refractivity contribution is -0.114. The number of aromatic nitrogens is 2. The molecule has 0 spiro atoms. The minimum atomic E-state index is -0.841. The quantitative estimate of drug-likeness (QED) is 0.585. The van der Waals surface area contributed by atoms with Gasteiger partial charge in [0.25, 0.3) is 5.91 Å². The van der Waals surface area contributed by atoms with E-state index in [9.17, 15) is 4.79 Å². The van der Waals surface area contributed by atoms with Crippen molar-refractivity contribution in [1.82, 2.24) is 9.97 Å². The molecule has 0 unspecified atom stereocenters. The number of nitrogens with two attached hydrogens (primary N) is 1. The molecule has 1 aliphatic heterocycles. The molecule has 9 heteroatoms. The summed E-state index contributed by atoms with van der Waals surface area (Å²) >= 11 is 2.06. The summed E-state index contributed by atoms with van der Waals surface area (Å²) in [6, 6.07) is 5.24. The second-order valence-electron chi connectivity index (χ2n) is 3.10. The third-order valence-corrected chi connectivity index (χ3v) is 4.35. The van der Waals surface area contributed by atoms with Crippen LogP contribution in [-0.2, 0) is 4.79 Å². The first-order chi connectivity index (χ1) is 9.10. The molecule has 0 atom stereocenters. The number of fused-ring (bicyclic) bond motifs is 1. The van der Waals surface area contributed by atoms with Gasteiger partial charge in [-0.15, -0.1) is 0 Å². The van der Waals surface area contributed by atoms with Gasteiger partial charge in [-0.25, -0.2) is 9.97 Å². The summed E-state index contributed by atoms with van der Waals surface area (Å²) in [7, 11) is 0. The van der Waals surface area contributed by atoms with Crippen LogP contribution in [-0.4, -0.2) is 15.9 Å². The molecule has 2 heterocycles. The van der Waals surface area contributed by atoms with Crippen molar-refractivity contribution in [2.45, 2.75) is 10.1 Å². The number of amides is 1. The molecule has 0 fully saturated rings. The molecule has 0 bridgehead atoms. The largest absolute Gasteiger partial charge is 0.365 e. The Morgan fingerprint density at radius 3 is 1.84 bits per heavy atom. The number of nitrogens with zero attached hydrogens (tertiary/aromatic N) is 5. The van der Waals surface area contributed by atoms with E-state index >= 15 is 0 Å². The number of rotatable bonds is 1. The molecule has 19 heavy (non-hydrogen) atoms. The maximum atomic E-state index is 11.1. The van der Waals surface area contributed by atoms with Crippen LogP contribution in [0.1, 0.15) is 11.4 Å². The molecule has 0 saturated heterocycles. The van der Waals surface area contributed by atoms with Crippen LogP contribution in [0.2, 0.25) is 0 Å². The lowest BCUT2D eigenvalue weighted by Crippen LogP contribution is -2.13. The van der Waals surface area contributed by atoms with E-state index in [0.717, 1.165) is 23.5 Å². The highest BCUT2D eigenvalue weighted by Gasteiger charge is 2.27. The molecule has 1 amide bonds. The molecular formula is C10H2N6OS2. The van der Waals surface area contributed by atoms with Gasteiger partial charge in [0.15, 0.2) is 11.4 Å². The van der Waals surface area contributed by atoms with Gasteiger partial charge in [0.2, 0.25) is 0 Å². The number of thioether (sulfide) groups is 2. The van der Waals surface area contributed by atoms with Crippen molar-refractivity contribution in [2.75, 3.05) is 0 Å². The van der Waals surface area contributed by atoms with Gasteiger partial charge in [0.1, 0.15) is 33.8 Å². The zero-order valence-corrected chi connectivity index (χ0v) is 10.7. The van der Waals surface area contributed by atoms with E-state index in [-0.39, 0.29) is 17.0 Å². The maximum Gasteiger partial charge on any atom is 0.261 e. The van der Waals surface area contributed by atoms with Crippen LogP contribution in [0.3, 0.4) is 0 Å². The van der Waals surface area contributed by atoms with Crippen molar-refractivity contribution < 1.29 is 4.79 Å². The Bertz CT molecular complexity index is 704. The molecule has 0 radical (unpaired) electrons. The van der Waals surface area contributed by atoms with Crippen molar-refractivity contribution >= 4 is 29.4 Å². The van der Waals surface area contributed by atoms with Crippen LogP contribution in [0, 0.1) is 34.0 Å². The summed E-state index contributed by atoms with van der Waals surface area (Å²) in [5.41, 5.74) is 4.72. The van der Waals surface area contributed by atoms with Gasteiger partial charge in [0, 0.05) is 0 Å². The summed E-state index contributed by atoms with van der Waals surface area (Å²) in [5, 5.41) is 27.3. The maximum absolute atomic E-state index is 11.1. The molecule has 0 saturated carbocycles. The Kier molecular flexibility index (Phi) is 3.39. The number of carbonyl (C=O) groups is 1. The first kappa shape index (κ1) is 12.9. The molecule has 2 N–H and O–H groups in total. The fourth-order valence-corrected chi connectivity index (χ4v) is 3.47. The number of hydrogen-bond donors (Lipinski definition) is 1. The second kappa shape index (κ2) is 4.99. The van der Waals surface area contributed by atoms with Gasteiger partial charge >= 0.3 is 0 Å². The van der Waals surface area contributed by atoms with Crippen molar-refractivity contribution in [3.8, 4) is 18.2 Å². The highest BCUT2D eigenvalue weighted by molar-refractivity contribution is 8.24. The topological polar surface area (TPSA) is 140 Å². The summed E-state index contributed by atoms with van der Waals surface area (Å²) in [4.78, 5) is 19.0. The minimum Gasteiger partial charge on any atom is -0.365 e. The Morgan fingerprint density at radius 1 is 1.05 bits per heavy atom. The van der Waals surface area contributed by atoms with Crippen LogP contribution < -0.4 is 5.73 Å². The van der Waals surface area contributed by atoms with Crippen LogP contribution in [0.25, 0.3) is 0 Å². The molecule has 0 aliphatic carbocycles. The molecular weight excluding hydrogens is 284 g/mol. The lowest BCUT2D eigenvalue weighted by atomic mass is 10.3. The first-order valence-electron chi connectivity index (χ1n) is 4.62. The Hall–Kier alpha value is -2.54. The highest BCUT2D eigenvalue weighted by Crippen LogP contribution is 2.50. The van der Waals surface area contributed by atoms with Gasteiger partial charge in [0.05, 0.1) is 4.24 Å². The number of carbonyl (C=O) groups excluding carboxylic acids is 1. The zero-order valence-electron chi connectivity index (χ0n) is 9.04. The molecule has 90 valence electrons. The first-order valence-corrected chi connectivity index (χ1v) is 6.26. The molecule has 2 rings (SSSR count). The van der Waals surface area contributed by atoms with Crippen molar-refractivity contribution in [3.05, 3.63) is 21.2 Å². The highest BCUT2D eigenvalue weighted by atomic mass is 32.2. The summed E-state index contributed by atoms with van der Waals surface area (Å²) in [6.07, 6.45) is 0. The second-order valence-corrected chi connectivity index (χ2v) is 5.35. The van der Waals surface area contributed by atoms with Gasteiger partial charge < -0.3 is 5.73 Å². The molecule has 1 aromatic rings. The van der Waals surface area contributed by atoms with E-state index < -0.39 is 5.91 Å². The van der Waals surface area contributed by atoms with Gasteiger partial charge in [-0.3, -0.25) is 4.79 Å². The van der Waals surface area contributed by atoms with E-state index in [1.165, 1.54) is 0 Å². The number of nitriles is 3. The Morgan fingerprint density at radius 2 is 1.53 bits per heavy atom. The normalized spacial score (nSPS) is 11.9. The van der Waals surface area contributed by atoms with E-state index in [4.69, 9.17) is 21.5 Å². The minimum absolute atomic E-state index is 0.0896. The zero-order chi connectivity index (χ0) is 14.0. The molecule has 1 aliphatic rings.